The minimum absolute atomic E-state index is 0.534. The molecule has 1 aromatic carbocycles. The molecule has 0 aliphatic heterocycles. The SMILES string of the molecule is C[C@@H]1Cc2cc3cnc(C4CC4)cc3c([SH](=O)=O)c2C1. The van der Waals surface area contributed by atoms with E-state index in [2.05, 4.69) is 18.0 Å². The lowest BCUT2D eigenvalue weighted by molar-refractivity contribution is 0.610. The van der Waals surface area contributed by atoms with Crippen molar-refractivity contribution in [2.75, 3.05) is 0 Å². The fourth-order valence-electron chi connectivity index (χ4n) is 3.41. The first-order valence-electron chi connectivity index (χ1n) is 7.22. The maximum atomic E-state index is 11.8. The number of hydrogen-bond donors (Lipinski definition) is 1. The van der Waals surface area contributed by atoms with Gasteiger partial charge in [0.15, 0.2) is 10.7 Å². The predicted octanol–water partition coefficient (Wildman–Crippen LogP) is 2.82. The molecule has 0 spiro atoms. The van der Waals surface area contributed by atoms with Gasteiger partial charge in [-0.15, -0.1) is 0 Å². The first kappa shape index (κ1) is 12.3. The molecule has 2 aliphatic carbocycles. The van der Waals surface area contributed by atoms with Crippen LogP contribution in [-0.4, -0.2) is 13.4 Å². The zero-order valence-corrected chi connectivity index (χ0v) is 12.3. The smallest absolute Gasteiger partial charge is 0.169 e. The summed E-state index contributed by atoms with van der Waals surface area (Å²) in [5.41, 5.74) is 3.30. The Morgan fingerprint density at radius 2 is 2.00 bits per heavy atom. The number of pyridine rings is 1. The van der Waals surface area contributed by atoms with Crippen LogP contribution in [0.25, 0.3) is 10.8 Å². The largest absolute Gasteiger partial charge is 0.260 e. The molecule has 0 N–H and O–H groups in total. The average Bonchev–Trinajstić information content (AvgIpc) is 3.17. The van der Waals surface area contributed by atoms with Crippen molar-refractivity contribution < 1.29 is 8.42 Å². The standard InChI is InChI=1S/C16H17NO2S/c1-9-4-11-6-12-8-17-15(10-2-3-10)7-14(12)16(20(18)19)13(11)5-9/h6-10,20H,2-5H2,1H3/t9-/m1/s1. The van der Waals surface area contributed by atoms with Crippen molar-refractivity contribution in [2.45, 2.75) is 43.4 Å². The summed E-state index contributed by atoms with van der Waals surface area (Å²) in [6.45, 7) is 2.18. The molecule has 0 bridgehead atoms. The van der Waals surface area contributed by atoms with Crippen molar-refractivity contribution in [1.82, 2.24) is 4.98 Å². The molecule has 4 heteroatoms. The summed E-state index contributed by atoms with van der Waals surface area (Å²) in [6.07, 6.45) is 6.07. The highest BCUT2D eigenvalue weighted by atomic mass is 32.2. The van der Waals surface area contributed by atoms with E-state index in [1.165, 1.54) is 18.4 Å². The molecule has 1 aromatic heterocycles. The van der Waals surface area contributed by atoms with E-state index in [9.17, 15) is 8.42 Å². The van der Waals surface area contributed by atoms with Crippen LogP contribution in [0, 0.1) is 5.92 Å². The second-order valence-electron chi connectivity index (χ2n) is 6.24. The number of hydrogen-bond acceptors (Lipinski definition) is 3. The molecule has 0 radical (unpaired) electrons. The third-order valence-electron chi connectivity index (χ3n) is 4.51. The lowest BCUT2D eigenvalue weighted by Crippen LogP contribution is -1.96. The summed E-state index contributed by atoms with van der Waals surface area (Å²) < 4.78 is 23.6. The van der Waals surface area contributed by atoms with Gasteiger partial charge in [0.2, 0.25) is 0 Å². The number of benzene rings is 1. The third-order valence-corrected chi connectivity index (χ3v) is 5.39. The highest BCUT2D eigenvalue weighted by molar-refractivity contribution is 7.72. The molecule has 1 fully saturated rings. The average molecular weight is 287 g/mol. The summed E-state index contributed by atoms with van der Waals surface area (Å²) in [7, 11) is -2.56. The maximum Gasteiger partial charge on any atom is 0.169 e. The van der Waals surface area contributed by atoms with Crippen LogP contribution in [0.1, 0.15) is 42.5 Å². The normalized spacial score (nSPS) is 21.6. The lowest BCUT2D eigenvalue weighted by atomic mass is 10.0. The van der Waals surface area contributed by atoms with E-state index < -0.39 is 10.7 Å². The van der Waals surface area contributed by atoms with E-state index in [0.29, 0.717) is 16.7 Å². The molecule has 4 rings (SSSR count). The summed E-state index contributed by atoms with van der Waals surface area (Å²) in [4.78, 5) is 5.07. The van der Waals surface area contributed by atoms with Crippen LogP contribution >= 0.6 is 0 Å². The van der Waals surface area contributed by atoms with Gasteiger partial charge in [0.05, 0.1) is 4.90 Å². The molecule has 20 heavy (non-hydrogen) atoms. The van der Waals surface area contributed by atoms with Crippen LogP contribution in [0.15, 0.2) is 23.2 Å². The predicted molar refractivity (Wildman–Crippen MR) is 78.9 cm³/mol. The molecule has 2 aliphatic rings. The maximum absolute atomic E-state index is 11.8. The van der Waals surface area contributed by atoms with Gasteiger partial charge in [-0.25, -0.2) is 8.42 Å². The van der Waals surface area contributed by atoms with E-state index >= 15 is 0 Å². The molecule has 0 amide bonds. The Morgan fingerprint density at radius 1 is 1.20 bits per heavy atom. The third kappa shape index (κ3) is 1.85. The van der Waals surface area contributed by atoms with E-state index in [1.54, 1.807) is 0 Å². The number of nitrogens with zero attached hydrogens (tertiary/aromatic N) is 1. The molecule has 0 saturated heterocycles. The van der Waals surface area contributed by atoms with Gasteiger partial charge < -0.3 is 0 Å². The van der Waals surface area contributed by atoms with E-state index in [1.807, 2.05) is 12.3 Å². The van der Waals surface area contributed by atoms with Gasteiger partial charge in [0.25, 0.3) is 0 Å². The number of fused-ring (bicyclic) bond motifs is 2. The highest BCUT2D eigenvalue weighted by Crippen LogP contribution is 2.41. The molecule has 1 heterocycles. The molecule has 104 valence electrons. The van der Waals surface area contributed by atoms with Crippen LogP contribution in [0.5, 0.6) is 0 Å². The van der Waals surface area contributed by atoms with Crippen molar-refractivity contribution in [1.29, 1.82) is 0 Å². The molecular weight excluding hydrogens is 270 g/mol. The van der Waals surface area contributed by atoms with Crippen LogP contribution < -0.4 is 0 Å². The van der Waals surface area contributed by atoms with Crippen molar-refractivity contribution in [3.05, 3.63) is 35.2 Å². The number of thiol groups is 1. The van der Waals surface area contributed by atoms with Gasteiger partial charge in [0.1, 0.15) is 0 Å². The lowest BCUT2D eigenvalue weighted by Gasteiger charge is -2.09. The molecule has 0 unspecified atom stereocenters. The summed E-state index contributed by atoms with van der Waals surface area (Å²) >= 11 is 0. The van der Waals surface area contributed by atoms with Gasteiger partial charge >= 0.3 is 0 Å². The summed E-state index contributed by atoms with van der Waals surface area (Å²) in [5, 5.41) is 1.85. The highest BCUT2D eigenvalue weighted by Gasteiger charge is 2.27. The number of rotatable bonds is 2. The van der Waals surface area contributed by atoms with Crippen LogP contribution in [0.4, 0.5) is 0 Å². The number of aromatic nitrogens is 1. The van der Waals surface area contributed by atoms with Gasteiger partial charge in [-0.1, -0.05) is 6.92 Å². The van der Waals surface area contributed by atoms with Crippen LogP contribution in [0.3, 0.4) is 0 Å². The van der Waals surface area contributed by atoms with E-state index in [-0.39, 0.29) is 0 Å². The Morgan fingerprint density at radius 3 is 2.70 bits per heavy atom. The first-order valence-corrected chi connectivity index (χ1v) is 8.40. The van der Waals surface area contributed by atoms with Crippen molar-refractivity contribution >= 4 is 21.5 Å². The molecule has 3 nitrogen and oxygen atoms in total. The monoisotopic (exact) mass is 287 g/mol. The van der Waals surface area contributed by atoms with E-state index in [0.717, 1.165) is 34.9 Å². The minimum atomic E-state index is -2.56. The second kappa shape index (κ2) is 4.29. The molecule has 1 atom stereocenters. The topological polar surface area (TPSA) is 47.0 Å². The quantitative estimate of drug-likeness (QED) is 0.864. The zero-order valence-electron chi connectivity index (χ0n) is 11.4. The molecular formula is C16H17NO2S. The van der Waals surface area contributed by atoms with Gasteiger partial charge in [-0.05, 0) is 54.9 Å². The summed E-state index contributed by atoms with van der Waals surface area (Å²) in [5.74, 6) is 1.08. The fraction of sp³-hybridized carbons (Fsp3) is 0.438. The Hall–Kier alpha value is -1.42. The van der Waals surface area contributed by atoms with Gasteiger partial charge in [0, 0.05) is 28.6 Å². The van der Waals surface area contributed by atoms with Crippen LogP contribution in [0.2, 0.25) is 0 Å². The second-order valence-corrected chi connectivity index (χ2v) is 7.20. The summed E-state index contributed by atoms with van der Waals surface area (Å²) in [6, 6.07) is 4.15. The fourth-order valence-corrected chi connectivity index (χ4v) is 4.25. The first-order chi connectivity index (χ1) is 9.63. The Balaban J connectivity index is 2.04. The van der Waals surface area contributed by atoms with E-state index in [4.69, 9.17) is 0 Å². The van der Waals surface area contributed by atoms with Crippen LogP contribution in [-0.2, 0) is 23.5 Å². The van der Waals surface area contributed by atoms with Crippen molar-refractivity contribution in [3.8, 4) is 0 Å². The zero-order chi connectivity index (χ0) is 13.9. The Bertz CT molecular complexity index is 783. The Labute approximate surface area is 120 Å². The Kier molecular flexibility index (Phi) is 2.64. The van der Waals surface area contributed by atoms with Crippen molar-refractivity contribution in [2.24, 2.45) is 5.92 Å². The molecule has 1 saturated carbocycles. The van der Waals surface area contributed by atoms with Crippen molar-refractivity contribution in [3.63, 3.8) is 0 Å². The molecule has 2 aromatic rings. The van der Waals surface area contributed by atoms with Gasteiger partial charge in [-0.3, -0.25) is 4.98 Å². The minimum Gasteiger partial charge on any atom is -0.260 e. The van der Waals surface area contributed by atoms with Gasteiger partial charge in [-0.2, -0.15) is 0 Å².